The Hall–Kier alpha value is -1.61. The lowest BCUT2D eigenvalue weighted by Gasteiger charge is -2.57. The number of halogens is 3. The summed E-state index contributed by atoms with van der Waals surface area (Å²) in [5, 5.41) is 10.1. The molecule has 1 aromatic heterocycles. The average molecular weight is 666 g/mol. The third kappa shape index (κ3) is 7.45. The Kier molecular flexibility index (Phi) is 9.37. The molecule has 0 saturated heterocycles. The highest BCUT2D eigenvalue weighted by molar-refractivity contribution is 7.89. The molecule has 10 heteroatoms. The molecule has 0 aliphatic heterocycles. The Bertz CT molecular complexity index is 1590. The second kappa shape index (κ2) is 12.3. The lowest BCUT2D eigenvalue weighted by Crippen LogP contribution is -2.57. The number of benzene rings is 2. The molecule has 2 fully saturated rings. The van der Waals surface area contributed by atoms with Gasteiger partial charge in [0.05, 0.1) is 34.4 Å². The largest absolute Gasteiger partial charge is 0.310 e. The summed E-state index contributed by atoms with van der Waals surface area (Å²) in [7, 11) is -3.56. The van der Waals surface area contributed by atoms with Gasteiger partial charge in [0.2, 0.25) is 10.0 Å². The Morgan fingerprint density at radius 2 is 1.67 bits per heavy atom. The molecule has 0 spiro atoms. The maximum absolute atomic E-state index is 13.2. The second-order valence-corrected chi connectivity index (χ2v) is 17.1. The van der Waals surface area contributed by atoms with Gasteiger partial charge in [-0.1, -0.05) is 74.6 Å². The van der Waals surface area contributed by atoms with Crippen molar-refractivity contribution in [2.75, 3.05) is 12.3 Å². The smallest absolute Gasteiger partial charge is 0.213 e. The van der Waals surface area contributed by atoms with Crippen LogP contribution in [-0.2, 0) is 16.6 Å². The van der Waals surface area contributed by atoms with Gasteiger partial charge in [0, 0.05) is 33.3 Å². The van der Waals surface area contributed by atoms with E-state index in [9.17, 15) is 8.42 Å². The molecule has 43 heavy (non-hydrogen) atoms. The fraction of sp³-hybridized carbons (Fsp3) is 0.545. The molecule has 2 aliphatic carbocycles. The number of nitrogens with one attached hydrogen (secondary N) is 2. The SMILES string of the molecule is CCC1(NCCS(=O)(=O)NCc2nn(-c3ccc(Cl)cc3Cl)c(-c3ccc(Cl)cc3)c2C)CC2CC(C)(C)CC(C)(C2)C1. The van der Waals surface area contributed by atoms with Crippen molar-refractivity contribution in [2.24, 2.45) is 16.7 Å². The van der Waals surface area contributed by atoms with Gasteiger partial charge in [0.25, 0.3) is 0 Å². The minimum Gasteiger partial charge on any atom is -0.310 e. The van der Waals surface area contributed by atoms with Crippen molar-refractivity contribution < 1.29 is 8.42 Å². The third-order valence-corrected chi connectivity index (χ3v) is 11.6. The molecular formula is C33H43Cl3N4O2S. The topological polar surface area (TPSA) is 76.0 Å². The molecule has 3 unspecified atom stereocenters. The van der Waals surface area contributed by atoms with E-state index < -0.39 is 10.0 Å². The Morgan fingerprint density at radius 3 is 2.33 bits per heavy atom. The van der Waals surface area contributed by atoms with Crippen LogP contribution in [0.2, 0.25) is 15.1 Å². The summed E-state index contributed by atoms with van der Waals surface area (Å²) in [5.74, 6) is 0.695. The van der Waals surface area contributed by atoms with Crippen molar-refractivity contribution in [1.82, 2.24) is 19.8 Å². The van der Waals surface area contributed by atoms with E-state index in [2.05, 4.69) is 37.7 Å². The first-order valence-corrected chi connectivity index (χ1v) is 17.9. The molecule has 5 rings (SSSR count). The van der Waals surface area contributed by atoms with Crippen LogP contribution >= 0.6 is 34.8 Å². The Balaban J connectivity index is 1.30. The Labute approximate surface area is 271 Å². The van der Waals surface area contributed by atoms with Gasteiger partial charge in [-0.2, -0.15) is 5.10 Å². The number of fused-ring (bicyclic) bond motifs is 2. The predicted octanol–water partition coefficient (Wildman–Crippen LogP) is 8.59. The number of aromatic nitrogens is 2. The molecule has 0 radical (unpaired) electrons. The van der Waals surface area contributed by atoms with Crippen LogP contribution in [0.25, 0.3) is 16.9 Å². The van der Waals surface area contributed by atoms with Gasteiger partial charge in [0.15, 0.2) is 0 Å². The highest BCUT2D eigenvalue weighted by Crippen LogP contribution is 2.58. The first kappa shape index (κ1) is 32.8. The zero-order valence-electron chi connectivity index (χ0n) is 25.7. The van der Waals surface area contributed by atoms with Gasteiger partial charge in [-0.15, -0.1) is 0 Å². The Morgan fingerprint density at radius 1 is 0.977 bits per heavy atom. The van der Waals surface area contributed by atoms with Gasteiger partial charge in [0.1, 0.15) is 0 Å². The maximum Gasteiger partial charge on any atom is 0.213 e. The molecule has 3 aromatic rings. The highest BCUT2D eigenvalue weighted by atomic mass is 35.5. The van der Waals surface area contributed by atoms with Crippen LogP contribution in [0, 0.1) is 23.7 Å². The zero-order valence-corrected chi connectivity index (χ0v) is 28.8. The fourth-order valence-corrected chi connectivity index (χ4v) is 9.77. The van der Waals surface area contributed by atoms with E-state index in [1.54, 1.807) is 22.9 Å². The molecule has 234 valence electrons. The predicted molar refractivity (Wildman–Crippen MR) is 179 cm³/mol. The fourth-order valence-electron chi connectivity index (χ4n) is 8.28. The standard InChI is InChI=1S/C33H43Cl3N4O2S/c1-6-33(18-23-16-31(3,4)20-32(5,17-23)21-33)37-13-14-43(41,42)38-19-28-22(2)30(24-7-9-25(34)10-8-24)40(39-28)29-12-11-26(35)15-27(29)36/h7-12,15,23,37-38H,6,13-14,16-21H2,1-5H3. The maximum atomic E-state index is 13.2. The molecule has 6 nitrogen and oxygen atoms in total. The normalized spacial score (nSPS) is 25.2. The van der Waals surface area contributed by atoms with Gasteiger partial charge in [-0.3, -0.25) is 0 Å². The van der Waals surface area contributed by atoms with Crippen LogP contribution in [0.1, 0.15) is 77.5 Å². The van der Waals surface area contributed by atoms with Crippen molar-refractivity contribution in [2.45, 2.75) is 85.2 Å². The van der Waals surface area contributed by atoms with Crippen LogP contribution in [-0.4, -0.2) is 36.0 Å². The number of hydrogen-bond donors (Lipinski definition) is 2. The number of nitrogens with zero attached hydrogens (tertiary/aromatic N) is 2. The van der Waals surface area contributed by atoms with Crippen molar-refractivity contribution in [3.63, 3.8) is 0 Å². The summed E-state index contributed by atoms with van der Waals surface area (Å²) in [4.78, 5) is 0. The number of hydrogen-bond acceptors (Lipinski definition) is 4. The van der Waals surface area contributed by atoms with E-state index in [-0.39, 0.29) is 17.8 Å². The summed E-state index contributed by atoms with van der Waals surface area (Å²) in [6.45, 7) is 11.9. The molecule has 2 N–H and O–H groups in total. The first-order valence-electron chi connectivity index (χ1n) is 15.1. The van der Waals surface area contributed by atoms with Gasteiger partial charge < -0.3 is 5.32 Å². The van der Waals surface area contributed by atoms with Gasteiger partial charge in [-0.05, 0) is 92.5 Å². The quantitative estimate of drug-likeness (QED) is 0.227. The summed E-state index contributed by atoms with van der Waals surface area (Å²) in [6.07, 6.45) is 6.98. The molecular weight excluding hydrogens is 623 g/mol. The van der Waals surface area contributed by atoms with Crippen LogP contribution in [0.15, 0.2) is 42.5 Å². The minimum absolute atomic E-state index is 0.00837. The monoisotopic (exact) mass is 664 g/mol. The molecule has 3 atom stereocenters. The molecule has 2 aromatic carbocycles. The highest BCUT2D eigenvalue weighted by Gasteiger charge is 2.51. The van der Waals surface area contributed by atoms with Crippen molar-refractivity contribution >= 4 is 44.8 Å². The molecule has 0 amide bonds. The van der Waals surface area contributed by atoms with Crippen molar-refractivity contribution in [1.29, 1.82) is 0 Å². The first-order chi connectivity index (χ1) is 20.1. The van der Waals surface area contributed by atoms with Gasteiger partial charge >= 0.3 is 0 Å². The molecule has 2 saturated carbocycles. The summed E-state index contributed by atoms with van der Waals surface area (Å²) in [5.41, 5.74) is 4.48. The molecule has 2 aliphatic rings. The van der Waals surface area contributed by atoms with E-state index in [0.29, 0.717) is 49.7 Å². The van der Waals surface area contributed by atoms with E-state index in [0.717, 1.165) is 36.1 Å². The molecule has 2 bridgehead atoms. The lowest BCUT2D eigenvalue weighted by atomic mass is 9.51. The number of sulfonamides is 1. The minimum atomic E-state index is -3.56. The van der Waals surface area contributed by atoms with Crippen LogP contribution in [0.5, 0.6) is 0 Å². The van der Waals surface area contributed by atoms with E-state index in [1.165, 1.54) is 19.3 Å². The summed E-state index contributed by atoms with van der Waals surface area (Å²) >= 11 is 18.9. The van der Waals surface area contributed by atoms with E-state index in [1.807, 2.05) is 31.2 Å². The summed E-state index contributed by atoms with van der Waals surface area (Å²) < 4.78 is 31.0. The van der Waals surface area contributed by atoms with Crippen molar-refractivity contribution in [3.8, 4) is 16.9 Å². The van der Waals surface area contributed by atoms with Crippen LogP contribution in [0.3, 0.4) is 0 Å². The van der Waals surface area contributed by atoms with Crippen LogP contribution in [0.4, 0.5) is 0 Å². The van der Waals surface area contributed by atoms with Crippen molar-refractivity contribution in [3.05, 3.63) is 68.8 Å². The lowest BCUT2D eigenvalue weighted by molar-refractivity contribution is -0.0344. The van der Waals surface area contributed by atoms with Crippen LogP contribution < -0.4 is 10.0 Å². The van der Waals surface area contributed by atoms with E-state index >= 15 is 0 Å². The number of rotatable bonds is 10. The summed E-state index contributed by atoms with van der Waals surface area (Å²) in [6, 6.07) is 12.7. The molecule has 1 heterocycles. The third-order valence-electron chi connectivity index (χ3n) is 9.46. The van der Waals surface area contributed by atoms with Gasteiger partial charge in [-0.25, -0.2) is 17.8 Å². The average Bonchev–Trinajstić information content (AvgIpc) is 3.21. The van der Waals surface area contributed by atoms with E-state index in [4.69, 9.17) is 39.9 Å². The zero-order chi connectivity index (χ0) is 31.2. The second-order valence-electron chi connectivity index (χ2n) is 13.9.